The number of carboxylic acid groups (broad SMARTS) is 1. The summed E-state index contributed by atoms with van der Waals surface area (Å²) in [6.07, 6.45) is 1.28. The molecular formula is C9H10N2O3S. The zero-order chi connectivity index (χ0) is 10.7. The second-order valence-corrected chi connectivity index (χ2v) is 4.19. The molecular weight excluding hydrogens is 216 g/mol. The van der Waals surface area contributed by atoms with Crippen molar-refractivity contribution in [2.75, 3.05) is 18.1 Å². The molecule has 2 rings (SSSR count). The number of aromatic carboxylic acids is 1. The summed E-state index contributed by atoms with van der Waals surface area (Å²) in [4.78, 5) is 18.7. The van der Waals surface area contributed by atoms with Crippen LogP contribution >= 0.6 is 11.8 Å². The predicted molar refractivity (Wildman–Crippen MR) is 55.0 cm³/mol. The number of hydrogen-bond acceptors (Lipinski definition) is 5. The molecule has 0 aromatic carbocycles. The van der Waals surface area contributed by atoms with Crippen molar-refractivity contribution in [3.8, 4) is 0 Å². The van der Waals surface area contributed by atoms with E-state index >= 15 is 0 Å². The molecule has 1 aliphatic heterocycles. The molecule has 1 atom stereocenters. The van der Waals surface area contributed by atoms with Crippen molar-refractivity contribution in [2.24, 2.45) is 0 Å². The van der Waals surface area contributed by atoms with Gasteiger partial charge in [0.05, 0.1) is 6.61 Å². The van der Waals surface area contributed by atoms with Crippen LogP contribution in [0.15, 0.2) is 12.3 Å². The molecule has 0 bridgehead atoms. The monoisotopic (exact) mass is 226 g/mol. The molecule has 1 aromatic heterocycles. The van der Waals surface area contributed by atoms with Gasteiger partial charge in [-0.15, -0.1) is 0 Å². The number of rotatable bonds is 2. The lowest BCUT2D eigenvalue weighted by Gasteiger charge is -2.20. The third kappa shape index (κ3) is 2.45. The van der Waals surface area contributed by atoms with Crippen LogP contribution in [0.1, 0.15) is 22.4 Å². The quantitative estimate of drug-likeness (QED) is 0.810. The van der Waals surface area contributed by atoms with Gasteiger partial charge in [0.2, 0.25) is 0 Å². The summed E-state index contributed by atoms with van der Waals surface area (Å²) < 4.78 is 5.46. The Kier molecular flexibility index (Phi) is 3.17. The van der Waals surface area contributed by atoms with Gasteiger partial charge in [-0.25, -0.2) is 14.8 Å². The van der Waals surface area contributed by atoms with E-state index in [0.717, 1.165) is 11.5 Å². The number of hydrogen-bond donors (Lipinski definition) is 1. The molecule has 6 heteroatoms. The molecule has 1 aromatic rings. The average molecular weight is 226 g/mol. The average Bonchev–Trinajstić information content (AvgIpc) is 2.30. The van der Waals surface area contributed by atoms with E-state index in [1.165, 1.54) is 12.3 Å². The van der Waals surface area contributed by atoms with Crippen LogP contribution in [0.5, 0.6) is 0 Å². The molecule has 2 heterocycles. The molecule has 0 aliphatic carbocycles. The van der Waals surface area contributed by atoms with Crippen LogP contribution in [0.2, 0.25) is 0 Å². The number of aromatic nitrogens is 2. The van der Waals surface area contributed by atoms with Gasteiger partial charge < -0.3 is 9.84 Å². The fraction of sp³-hybridized carbons (Fsp3) is 0.444. The van der Waals surface area contributed by atoms with Crippen LogP contribution < -0.4 is 0 Å². The van der Waals surface area contributed by atoms with Gasteiger partial charge in [0.25, 0.3) is 0 Å². The Labute approximate surface area is 90.9 Å². The van der Waals surface area contributed by atoms with E-state index in [2.05, 4.69) is 9.97 Å². The second-order valence-electron chi connectivity index (χ2n) is 3.04. The molecule has 15 heavy (non-hydrogen) atoms. The number of ether oxygens (including phenoxy) is 1. The number of carbonyl (C=O) groups is 1. The third-order valence-corrected chi connectivity index (χ3v) is 2.99. The van der Waals surface area contributed by atoms with Crippen LogP contribution in [-0.4, -0.2) is 39.2 Å². The molecule has 0 amide bonds. The van der Waals surface area contributed by atoms with Gasteiger partial charge in [-0.2, -0.15) is 11.8 Å². The molecule has 1 fully saturated rings. The maximum atomic E-state index is 10.7. The summed E-state index contributed by atoms with van der Waals surface area (Å²) >= 11 is 1.76. The van der Waals surface area contributed by atoms with Crippen molar-refractivity contribution in [1.82, 2.24) is 9.97 Å². The Balaban J connectivity index is 2.19. The fourth-order valence-electron chi connectivity index (χ4n) is 1.28. The van der Waals surface area contributed by atoms with Crippen LogP contribution in [0, 0.1) is 0 Å². The van der Waals surface area contributed by atoms with Gasteiger partial charge in [-0.1, -0.05) is 0 Å². The van der Waals surface area contributed by atoms with E-state index in [0.29, 0.717) is 12.4 Å². The predicted octanol–water partition coefficient (Wildman–Crippen LogP) is 0.979. The summed E-state index contributed by atoms with van der Waals surface area (Å²) in [7, 11) is 0. The minimum Gasteiger partial charge on any atom is -0.477 e. The van der Waals surface area contributed by atoms with Crippen molar-refractivity contribution in [3.05, 3.63) is 23.8 Å². The first-order valence-corrected chi connectivity index (χ1v) is 5.68. The Morgan fingerprint density at radius 3 is 3.20 bits per heavy atom. The maximum absolute atomic E-state index is 10.7. The minimum absolute atomic E-state index is 0.0131. The highest BCUT2D eigenvalue weighted by Crippen LogP contribution is 2.23. The molecule has 0 radical (unpaired) electrons. The highest BCUT2D eigenvalue weighted by atomic mass is 32.2. The topological polar surface area (TPSA) is 72.3 Å². The van der Waals surface area contributed by atoms with Crippen LogP contribution in [-0.2, 0) is 4.74 Å². The van der Waals surface area contributed by atoms with Crippen molar-refractivity contribution in [1.29, 1.82) is 0 Å². The minimum atomic E-state index is -1.04. The van der Waals surface area contributed by atoms with Gasteiger partial charge in [0.1, 0.15) is 6.10 Å². The van der Waals surface area contributed by atoms with Crippen LogP contribution in [0.3, 0.4) is 0 Å². The number of carboxylic acids is 1. The van der Waals surface area contributed by atoms with Gasteiger partial charge in [0.15, 0.2) is 11.5 Å². The largest absolute Gasteiger partial charge is 0.477 e. The smallest absolute Gasteiger partial charge is 0.354 e. The first-order chi connectivity index (χ1) is 7.27. The third-order valence-electron chi connectivity index (χ3n) is 2.00. The van der Waals surface area contributed by atoms with Crippen LogP contribution in [0.4, 0.5) is 0 Å². The Hall–Kier alpha value is -1.14. The lowest BCUT2D eigenvalue weighted by Crippen LogP contribution is -2.19. The van der Waals surface area contributed by atoms with Crippen molar-refractivity contribution < 1.29 is 14.6 Å². The van der Waals surface area contributed by atoms with Crippen LogP contribution in [0.25, 0.3) is 0 Å². The van der Waals surface area contributed by atoms with E-state index in [1.807, 2.05) is 0 Å². The molecule has 0 spiro atoms. The Bertz CT molecular complexity index is 366. The summed E-state index contributed by atoms with van der Waals surface area (Å²) in [6.45, 7) is 0.663. The fourth-order valence-corrected chi connectivity index (χ4v) is 2.12. The highest BCUT2D eigenvalue weighted by molar-refractivity contribution is 7.99. The summed E-state index contributed by atoms with van der Waals surface area (Å²) in [6, 6.07) is 1.38. The van der Waals surface area contributed by atoms with Crippen molar-refractivity contribution in [3.63, 3.8) is 0 Å². The molecule has 80 valence electrons. The molecule has 1 saturated heterocycles. The summed E-state index contributed by atoms with van der Waals surface area (Å²) in [5.41, 5.74) is 0.0131. The SMILES string of the molecule is O=C(O)c1ccnc(C2CSCCO2)n1. The van der Waals surface area contributed by atoms with Gasteiger partial charge >= 0.3 is 5.97 Å². The molecule has 5 nitrogen and oxygen atoms in total. The maximum Gasteiger partial charge on any atom is 0.354 e. The normalized spacial score (nSPS) is 21.2. The Morgan fingerprint density at radius 1 is 1.67 bits per heavy atom. The second kappa shape index (κ2) is 4.59. The van der Waals surface area contributed by atoms with E-state index < -0.39 is 5.97 Å². The Morgan fingerprint density at radius 2 is 2.53 bits per heavy atom. The van der Waals surface area contributed by atoms with E-state index in [1.54, 1.807) is 11.8 Å². The zero-order valence-corrected chi connectivity index (χ0v) is 8.74. The van der Waals surface area contributed by atoms with E-state index in [9.17, 15) is 4.79 Å². The van der Waals surface area contributed by atoms with Crippen molar-refractivity contribution in [2.45, 2.75) is 6.10 Å². The van der Waals surface area contributed by atoms with E-state index in [4.69, 9.17) is 9.84 Å². The van der Waals surface area contributed by atoms with Gasteiger partial charge in [0, 0.05) is 17.7 Å². The summed E-state index contributed by atoms with van der Waals surface area (Å²) in [5, 5.41) is 8.77. The van der Waals surface area contributed by atoms with Crippen molar-refractivity contribution >= 4 is 17.7 Å². The summed E-state index contributed by atoms with van der Waals surface area (Å²) in [5.74, 6) is 1.17. The first-order valence-electron chi connectivity index (χ1n) is 4.53. The molecule has 1 N–H and O–H groups in total. The zero-order valence-electron chi connectivity index (χ0n) is 7.92. The standard InChI is InChI=1S/C9H10N2O3S/c12-9(13)6-1-2-10-8(11-6)7-5-15-4-3-14-7/h1-2,7H,3-5H2,(H,12,13). The molecule has 1 aliphatic rings. The number of thioether (sulfide) groups is 1. The number of nitrogens with zero attached hydrogens (tertiary/aromatic N) is 2. The molecule has 1 unspecified atom stereocenters. The van der Waals surface area contributed by atoms with Gasteiger partial charge in [-0.3, -0.25) is 0 Å². The van der Waals surface area contributed by atoms with E-state index in [-0.39, 0.29) is 11.8 Å². The lowest BCUT2D eigenvalue weighted by molar-refractivity contribution is 0.0658. The molecule has 0 saturated carbocycles. The lowest BCUT2D eigenvalue weighted by atomic mass is 10.3. The van der Waals surface area contributed by atoms with Gasteiger partial charge in [-0.05, 0) is 6.07 Å². The highest BCUT2D eigenvalue weighted by Gasteiger charge is 2.20. The first kappa shape index (κ1) is 10.4.